The predicted molar refractivity (Wildman–Crippen MR) is 48.7 cm³/mol. The summed E-state index contributed by atoms with van der Waals surface area (Å²) in [6.07, 6.45) is 0. The highest BCUT2D eigenvalue weighted by Gasteiger charge is 2.12. The van der Waals surface area contributed by atoms with Crippen LogP contribution in [0.15, 0.2) is 18.2 Å². The van der Waals surface area contributed by atoms with E-state index < -0.39 is 16.4 Å². The van der Waals surface area contributed by atoms with Gasteiger partial charge in [-0.05, 0) is 12.1 Å². The molecule has 0 radical (unpaired) electrons. The van der Waals surface area contributed by atoms with E-state index in [0.29, 0.717) is 5.56 Å². The number of nitro benzene ring substituents is 1. The van der Waals surface area contributed by atoms with Gasteiger partial charge in [0.05, 0.1) is 4.92 Å². The number of hydrogen-bond acceptors (Lipinski definition) is 4. The van der Waals surface area contributed by atoms with Gasteiger partial charge in [0.2, 0.25) is 0 Å². The molecule has 2 N–H and O–H groups in total. The number of phenolic OH excluding ortho intramolecular Hbond substituents is 1. The fourth-order valence-corrected chi connectivity index (χ4v) is 0.889. The molecule has 0 fully saturated rings. The van der Waals surface area contributed by atoms with E-state index in [2.05, 4.69) is 11.8 Å². The second kappa shape index (κ2) is 4.25. The summed E-state index contributed by atoms with van der Waals surface area (Å²) in [6.45, 7) is -0.311. The van der Waals surface area contributed by atoms with Crippen molar-refractivity contribution < 1.29 is 15.1 Å². The van der Waals surface area contributed by atoms with Gasteiger partial charge in [-0.15, -0.1) is 0 Å². The summed E-state index contributed by atoms with van der Waals surface area (Å²) in [7, 11) is 0. The van der Waals surface area contributed by atoms with E-state index in [4.69, 9.17) is 10.2 Å². The van der Waals surface area contributed by atoms with Crippen LogP contribution in [0.1, 0.15) is 5.56 Å². The summed E-state index contributed by atoms with van der Waals surface area (Å²) in [4.78, 5) is 9.70. The maximum atomic E-state index is 10.4. The van der Waals surface area contributed by atoms with E-state index in [0.717, 1.165) is 6.07 Å². The molecule has 0 amide bonds. The molecule has 0 bridgehead atoms. The maximum absolute atomic E-state index is 10.4. The van der Waals surface area contributed by atoms with Crippen molar-refractivity contribution in [1.82, 2.24) is 0 Å². The van der Waals surface area contributed by atoms with Crippen LogP contribution in [0.3, 0.4) is 0 Å². The number of nitrogens with zero attached hydrogens (tertiary/aromatic N) is 1. The summed E-state index contributed by atoms with van der Waals surface area (Å²) in [5.41, 5.74) is -0.0155. The van der Waals surface area contributed by atoms with E-state index in [1.165, 1.54) is 12.1 Å². The van der Waals surface area contributed by atoms with Crippen LogP contribution in [0.5, 0.6) is 5.75 Å². The highest BCUT2D eigenvalue weighted by atomic mass is 16.6. The van der Waals surface area contributed by atoms with Gasteiger partial charge >= 0.3 is 5.69 Å². The average molecular weight is 193 g/mol. The van der Waals surface area contributed by atoms with Crippen LogP contribution >= 0.6 is 0 Å². The monoisotopic (exact) mass is 193 g/mol. The number of hydrogen-bond donors (Lipinski definition) is 2. The molecule has 0 atom stereocenters. The van der Waals surface area contributed by atoms with Crippen LogP contribution in [0.25, 0.3) is 0 Å². The van der Waals surface area contributed by atoms with Crippen LogP contribution < -0.4 is 0 Å². The highest BCUT2D eigenvalue weighted by Crippen LogP contribution is 2.25. The van der Waals surface area contributed by atoms with Crippen molar-refractivity contribution in [2.45, 2.75) is 0 Å². The number of aromatic hydroxyl groups is 1. The first-order valence-electron chi connectivity index (χ1n) is 3.72. The summed E-state index contributed by atoms with van der Waals surface area (Å²) < 4.78 is 0. The Balaban J connectivity index is 3.13. The predicted octanol–water partition coefficient (Wildman–Crippen LogP) is 0.644. The SMILES string of the molecule is O=[N+]([O-])c1cc(C#CCO)ccc1O. The summed E-state index contributed by atoms with van der Waals surface area (Å²) in [5, 5.41) is 27.9. The Morgan fingerprint density at radius 3 is 2.79 bits per heavy atom. The zero-order valence-electron chi connectivity index (χ0n) is 7.10. The Kier molecular flexibility index (Phi) is 3.05. The van der Waals surface area contributed by atoms with Crippen LogP contribution in [-0.4, -0.2) is 21.7 Å². The van der Waals surface area contributed by atoms with Crippen molar-refractivity contribution in [1.29, 1.82) is 0 Å². The molecular weight excluding hydrogens is 186 g/mol. The molecular formula is C9H7NO4. The van der Waals surface area contributed by atoms with Gasteiger partial charge in [-0.1, -0.05) is 11.8 Å². The third kappa shape index (κ3) is 2.21. The van der Waals surface area contributed by atoms with Gasteiger partial charge < -0.3 is 10.2 Å². The molecule has 0 aliphatic carbocycles. The Labute approximate surface area is 79.8 Å². The Morgan fingerprint density at radius 1 is 1.50 bits per heavy atom. The lowest BCUT2D eigenvalue weighted by Gasteiger charge is -1.95. The number of aliphatic hydroxyl groups is 1. The van der Waals surface area contributed by atoms with Crippen molar-refractivity contribution in [2.75, 3.05) is 6.61 Å². The Hall–Kier alpha value is -2.06. The maximum Gasteiger partial charge on any atom is 0.311 e. The highest BCUT2D eigenvalue weighted by molar-refractivity contribution is 5.51. The second-order valence-corrected chi connectivity index (χ2v) is 2.42. The lowest BCUT2D eigenvalue weighted by molar-refractivity contribution is -0.385. The summed E-state index contributed by atoms with van der Waals surface area (Å²) >= 11 is 0. The van der Waals surface area contributed by atoms with Crippen LogP contribution in [0, 0.1) is 22.0 Å². The largest absolute Gasteiger partial charge is 0.502 e. The molecule has 0 spiro atoms. The molecule has 1 aromatic rings. The Bertz CT molecular complexity index is 417. The van der Waals surface area contributed by atoms with Crippen molar-refractivity contribution in [3.05, 3.63) is 33.9 Å². The molecule has 5 heteroatoms. The lowest BCUT2D eigenvalue weighted by Crippen LogP contribution is -1.89. The molecule has 1 rings (SSSR count). The minimum absolute atomic E-state index is 0.311. The van der Waals surface area contributed by atoms with Gasteiger partial charge in [-0.2, -0.15) is 0 Å². The van der Waals surface area contributed by atoms with Gasteiger partial charge in [-0.25, -0.2) is 0 Å². The normalized spacial score (nSPS) is 8.93. The zero-order valence-corrected chi connectivity index (χ0v) is 7.10. The third-order valence-corrected chi connectivity index (χ3v) is 1.48. The van der Waals surface area contributed by atoms with Crippen LogP contribution in [0.4, 0.5) is 5.69 Å². The van der Waals surface area contributed by atoms with Crippen LogP contribution in [0.2, 0.25) is 0 Å². The first kappa shape index (κ1) is 10.0. The van der Waals surface area contributed by atoms with Gasteiger partial charge in [0.1, 0.15) is 6.61 Å². The minimum Gasteiger partial charge on any atom is -0.502 e. The first-order chi connectivity index (χ1) is 6.65. The fraction of sp³-hybridized carbons (Fsp3) is 0.111. The molecule has 0 aliphatic rings. The molecule has 0 heterocycles. The molecule has 14 heavy (non-hydrogen) atoms. The van der Waals surface area contributed by atoms with Crippen LogP contribution in [-0.2, 0) is 0 Å². The first-order valence-corrected chi connectivity index (χ1v) is 3.72. The third-order valence-electron chi connectivity index (χ3n) is 1.48. The van der Waals surface area contributed by atoms with E-state index in [9.17, 15) is 10.1 Å². The number of benzene rings is 1. The molecule has 0 saturated carbocycles. The van der Waals surface area contributed by atoms with Crippen molar-refractivity contribution >= 4 is 5.69 Å². The van der Waals surface area contributed by atoms with Gasteiger partial charge in [0.15, 0.2) is 5.75 Å². The number of rotatable bonds is 1. The average Bonchev–Trinajstić information content (AvgIpc) is 2.16. The summed E-state index contributed by atoms with van der Waals surface area (Å²) in [6, 6.07) is 3.78. The van der Waals surface area contributed by atoms with E-state index in [-0.39, 0.29) is 6.61 Å². The summed E-state index contributed by atoms with van der Waals surface area (Å²) in [5.74, 6) is 4.45. The molecule has 1 aromatic carbocycles. The minimum atomic E-state index is -0.695. The quantitative estimate of drug-likeness (QED) is 0.389. The molecule has 72 valence electrons. The van der Waals surface area contributed by atoms with Gasteiger partial charge in [-0.3, -0.25) is 10.1 Å². The van der Waals surface area contributed by atoms with Gasteiger partial charge in [0, 0.05) is 11.6 Å². The number of nitro groups is 1. The molecule has 0 aliphatic heterocycles. The molecule has 0 aromatic heterocycles. The van der Waals surface area contributed by atoms with E-state index in [1.54, 1.807) is 0 Å². The van der Waals surface area contributed by atoms with Gasteiger partial charge in [0.25, 0.3) is 0 Å². The van der Waals surface area contributed by atoms with E-state index >= 15 is 0 Å². The second-order valence-electron chi connectivity index (χ2n) is 2.42. The Morgan fingerprint density at radius 2 is 2.21 bits per heavy atom. The number of aliphatic hydroxyl groups excluding tert-OH is 1. The number of phenols is 1. The lowest BCUT2D eigenvalue weighted by atomic mass is 10.2. The van der Waals surface area contributed by atoms with Crippen molar-refractivity contribution in [3.8, 4) is 17.6 Å². The fourth-order valence-electron chi connectivity index (χ4n) is 0.889. The molecule has 5 nitrogen and oxygen atoms in total. The van der Waals surface area contributed by atoms with Crippen molar-refractivity contribution in [3.63, 3.8) is 0 Å². The topological polar surface area (TPSA) is 83.6 Å². The molecule has 0 unspecified atom stereocenters. The van der Waals surface area contributed by atoms with Crippen molar-refractivity contribution in [2.24, 2.45) is 0 Å². The molecule has 0 saturated heterocycles. The zero-order chi connectivity index (χ0) is 10.6. The smallest absolute Gasteiger partial charge is 0.311 e. The standard InChI is InChI=1S/C9H7NO4/c11-5-1-2-7-3-4-9(12)8(6-7)10(13)14/h3-4,6,11-12H,5H2. The van der Waals surface area contributed by atoms with E-state index in [1.807, 2.05) is 0 Å².